The molecule has 4 rings (SSSR count). The molecule has 31 heavy (non-hydrogen) atoms. The summed E-state index contributed by atoms with van der Waals surface area (Å²) in [4.78, 5) is 43.4. The van der Waals surface area contributed by atoms with E-state index >= 15 is 0 Å². The highest BCUT2D eigenvalue weighted by atomic mass is 35.5. The standard InChI is InChI=1S/C23H18ClN3O4/c24-18-5-1-4-17-20(18)26-21(28)19(11-15-3-2-10-25-12-15)27(22(17)29)13-14-6-8-16(9-7-14)23(30)31/h1-10,12,19H,11,13H2,(H,26,28)(H,30,31)/t19-/m1/s1. The molecule has 0 bridgehead atoms. The predicted molar refractivity (Wildman–Crippen MR) is 115 cm³/mol. The zero-order valence-electron chi connectivity index (χ0n) is 16.3. The Morgan fingerprint density at radius 1 is 1.06 bits per heavy atom. The fraction of sp³-hybridized carbons (Fsp3) is 0.130. The summed E-state index contributed by atoms with van der Waals surface area (Å²) >= 11 is 6.26. The highest BCUT2D eigenvalue weighted by Gasteiger charge is 2.36. The van der Waals surface area contributed by atoms with Gasteiger partial charge in [0.05, 0.1) is 21.8 Å². The summed E-state index contributed by atoms with van der Waals surface area (Å²) in [5.74, 6) is -1.73. The number of fused-ring (bicyclic) bond motifs is 1. The zero-order chi connectivity index (χ0) is 22.0. The van der Waals surface area contributed by atoms with Crippen LogP contribution in [-0.2, 0) is 17.8 Å². The van der Waals surface area contributed by atoms with E-state index in [2.05, 4.69) is 10.3 Å². The van der Waals surface area contributed by atoms with Gasteiger partial charge in [-0.05, 0) is 41.5 Å². The molecular weight excluding hydrogens is 418 g/mol. The molecule has 2 aromatic carbocycles. The van der Waals surface area contributed by atoms with Crippen molar-refractivity contribution in [2.45, 2.75) is 19.0 Å². The van der Waals surface area contributed by atoms with Crippen molar-refractivity contribution in [3.05, 3.63) is 94.3 Å². The predicted octanol–water partition coefficient (Wildman–Crippen LogP) is 3.64. The van der Waals surface area contributed by atoms with E-state index in [1.165, 1.54) is 17.0 Å². The summed E-state index contributed by atoms with van der Waals surface area (Å²) in [6.07, 6.45) is 3.56. The Labute approximate surface area is 183 Å². The second-order valence-corrected chi connectivity index (χ2v) is 7.58. The highest BCUT2D eigenvalue weighted by molar-refractivity contribution is 6.35. The maximum absolute atomic E-state index is 13.5. The average Bonchev–Trinajstić information content (AvgIpc) is 2.86. The number of amides is 2. The molecule has 0 spiro atoms. The number of hydrogen-bond donors (Lipinski definition) is 2. The molecule has 2 N–H and O–H groups in total. The number of nitrogens with zero attached hydrogens (tertiary/aromatic N) is 2. The number of carbonyl (C=O) groups excluding carboxylic acids is 2. The van der Waals surface area contributed by atoms with E-state index in [1.54, 1.807) is 48.8 Å². The molecular formula is C23H18ClN3O4. The molecule has 1 aromatic heterocycles. The fourth-order valence-electron chi connectivity index (χ4n) is 3.55. The molecule has 0 saturated carbocycles. The van der Waals surface area contributed by atoms with E-state index in [0.29, 0.717) is 16.8 Å². The molecule has 0 fully saturated rings. The lowest BCUT2D eigenvalue weighted by Gasteiger charge is -2.29. The molecule has 0 aliphatic carbocycles. The number of aromatic nitrogens is 1. The molecule has 7 nitrogen and oxygen atoms in total. The first-order chi connectivity index (χ1) is 14.9. The summed E-state index contributed by atoms with van der Waals surface area (Å²) in [7, 11) is 0. The zero-order valence-corrected chi connectivity index (χ0v) is 17.0. The van der Waals surface area contributed by atoms with Crippen LogP contribution >= 0.6 is 11.6 Å². The fourth-order valence-corrected chi connectivity index (χ4v) is 3.77. The second-order valence-electron chi connectivity index (χ2n) is 7.17. The van der Waals surface area contributed by atoms with Gasteiger partial charge in [-0.15, -0.1) is 0 Å². The Bertz CT molecular complexity index is 1150. The number of benzene rings is 2. The lowest BCUT2D eigenvalue weighted by molar-refractivity contribution is -0.120. The van der Waals surface area contributed by atoms with Crippen LogP contribution in [-0.4, -0.2) is 38.8 Å². The number of anilines is 1. The van der Waals surface area contributed by atoms with Gasteiger partial charge in [-0.2, -0.15) is 0 Å². The number of aromatic carboxylic acids is 1. The smallest absolute Gasteiger partial charge is 0.335 e. The Kier molecular flexibility index (Phi) is 5.68. The van der Waals surface area contributed by atoms with E-state index in [4.69, 9.17) is 16.7 Å². The van der Waals surface area contributed by atoms with Crippen LogP contribution in [0.4, 0.5) is 5.69 Å². The van der Waals surface area contributed by atoms with Gasteiger partial charge in [0.2, 0.25) is 5.91 Å². The molecule has 156 valence electrons. The summed E-state index contributed by atoms with van der Waals surface area (Å²) in [5, 5.41) is 12.2. The van der Waals surface area contributed by atoms with E-state index in [-0.39, 0.29) is 35.4 Å². The van der Waals surface area contributed by atoms with Crippen LogP contribution in [0.5, 0.6) is 0 Å². The first-order valence-corrected chi connectivity index (χ1v) is 9.93. The molecule has 2 amide bonds. The van der Waals surface area contributed by atoms with Crippen molar-refractivity contribution in [3.8, 4) is 0 Å². The van der Waals surface area contributed by atoms with Crippen LogP contribution < -0.4 is 5.32 Å². The summed E-state index contributed by atoms with van der Waals surface area (Å²) < 4.78 is 0. The molecule has 3 aromatic rings. The molecule has 1 aliphatic rings. The third-order valence-corrected chi connectivity index (χ3v) is 5.45. The summed E-state index contributed by atoms with van der Waals surface area (Å²) in [6, 6.07) is 13.9. The summed E-state index contributed by atoms with van der Waals surface area (Å²) in [5.41, 5.74) is 2.25. The minimum atomic E-state index is -1.03. The van der Waals surface area contributed by atoms with Crippen molar-refractivity contribution in [1.82, 2.24) is 9.88 Å². The van der Waals surface area contributed by atoms with Gasteiger partial charge < -0.3 is 15.3 Å². The Morgan fingerprint density at radius 3 is 2.52 bits per heavy atom. The molecule has 0 radical (unpaired) electrons. The lowest BCUT2D eigenvalue weighted by atomic mass is 10.0. The first-order valence-electron chi connectivity index (χ1n) is 9.55. The number of para-hydroxylation sites is 1. The lowest BCUT2D eigenvalue weighted by Crippen LogP contribution is -2.46. The van der Waals surface area contributed by atoms with Gasteiger partial charge in [-0.25, -0.2) is 4.79 Å². The van der Waals surface area contributed by atoms with E-state index < -0.39 is 12.0 Å². The van der Waals surface area contributed by atoms with E-state index in [1.807, 2.05) is 6.07 Å². The van der Waals surface area contributed by atoms with Gasteiger partial charge in [-0.1, -0.05) is 35.9 Å². The Balaban J connectivity index is 1.74. The van der Waals surface area contributed by atoms with Gasteiger partial charge in [-0.3, -0.25) is 14.6 Å². The molecule has 2 heterocycles. The van der Waals surface area contributed by atoms with Crippen molar-refractivity contribution in [3.63, 3.8) is 0 Å². The van der Waals surface area contributed by atoms with Crippen LogP contribution in [0.25, 0.3) is 0 Å². The minimum Gasteiger partial charge on any atom is -0.478 e. The number of pyridine rings is 1. The van der Waals surface area contributed by atoms with Crippen LogP contribution in [0.2, 0.25) is 5.02 Å². The van der Waals surface area contributed by atoms with Gasteiger partial charge in [0.15, 0.2) is 0 Å². The molecule has 0 saturated heterocycles. The average molecular weight is 436 g/mol. The largest absolute Gasteiger partial charge is 0.478 e. The minimum absolute atomic E-state index is 0.128. The van der Waals surface area contributed by atoms with Crippen molar-refractivity contribution in [1.29, 1.82) is 0 Å². The number of rotatable bonds is 5. The molecule has 0 unspecified atom stereocenters. The molecule has 1 atom stereocenters. The van der Waals surface area contributed by atoms with Gasteiger partial charge >= 0.3 is 5.97 Å². The Hall–Kier alpha value is -3.71. The van der Waals surface area contributed by atoms with Crippen molar-refractivity contribution in [2.24, 2.45) is 0 Å². The number of nitrogens with one attached hydrogen (secondary N) is 1. The number of carboxylic acid groups (broad SMARTS) is 1. The Morgan fingerprint density at radius 2 is 1.84 bits per heavy atom. The second kappa shape index (κ2) is 8.57. The number of hydrogen-bond acceptors (Lipinski definition) is 4. The maximum Gasteiger partial charge on any atom is 0.335 e. The maximum atomic E-state index is 13.5. The highest BCUT2D eigenvalue weighted by Crippen LogP contribution is 2.31. The van der Waals surface area contributed by atoms with Gasteiger partial charge in [0, 0.05) is 25.4 Å². The van der Waals surface area contributed by atoms with Crippen molar-refractivity contribution < 1.29 is 19.5 Å². The number of halogens is 1. The van der Waals surface area contributed by atoms with Crippen LogP contribution in [0.15, 0.2) is 67.0 Å². The monoisotopic (exact) mass is 435 g/mol. The van der Waals surface area contributed by atoms with Crippen LogP contribution in [0.3, 0.4) is 0 Å². The first kappa shape index (κ1) is 20.6. The van der Waals surface area contributed by atoms with Gasteiger partial charge in [0.1, 0.15) is 6.04 Å². The quantitative estimate of drug-likeness (QED) is 0.637. The third kappa shape index (κ3) is 4.27. The third-order valence-electron chi connectivity index (χ3n) is 5.14. The summed E-state index contributed by atoms with van der Waals surface area (Å²) in [6.45, 7) is 0.128. The van der Waals surface area contributed by atoms with Crippen LogP contribution in [0.1, 0.15) is 31.8 Å². The van der Waals surface area contributed by atoms with E-state index in [9.17, 15) is 14.4 Å². The molecule has 1 aliphatic heterocycles. The van der Waals surface area contributed by atoms with Crippen molar-refractivity contribution >= 4 is 35.1 Å². The molecule has 8 heteroatoms. The number of carboxylic acids is 1. The normalized spacial score (nSPS) is 15.8. The SMILES string of the molecule is O=C(O)c1ccc(CN2C(=O)c3cccc(Cl)c3NC(=O)[C@H]2Cc2cccnc2)cc1. The van der Waals surface area contributed by atoms with Crippen LogP contribution in [0, 0.1) is 0 Å². The number of carbonyl (C=O) groups is 3. The van der Waals surface area contributed by atoms with E-state index in [0.717, 1.165) is 5.56 Å². The van der Waals surface area contributed by atoms with Crippen molar-refractivity contribution in [2.75, 3.05) is 5.32 Å². The van der Waals surface area contributed by atoms with Gasteiger partial charge in [0.25, 0.3) is 5.91 Å². The topological polar surface area (TPSA) is 99.6 Å².